The third-order valence-electron chi connectivity index (χ3n) is 4.71. The first-order valence-corrected chi connectivity index (χ1v) is 9.73. The highest BCUT2D eigenvalue weighted by Crippen LogP contribution is 2.35. The number of hydrogen-bond acceptors (Lipinski definition) is 5. The molecule has 0 unspecified atom stereocenters. The zero-order valence-corrected chi connectivity index (χ0v) is 17.5. The topological polar surface area (TPSA) is 59.1 Å². The van der Waals surface area contributed by atoms with Crippen molar-refractivity contribution in [3.05, 3.63) is 70.6 Å². The SMILES string of the molecule is COCCN(CCOC)C1=C(c2ccc(F)cc2)C(=O)N(c2cccc(Cl)c2)C1=O. The lowest BCUT2D eigenvalue weighted by molar-refractivity contribution is -0.120. The van der Waals surface area contributed by atoms with E-state index in [-0.39, 0.29) is 11.3 Å². The summed E-state index contributed by atoms with van der Waals surface area (Å²) < 4.78 is 23.8. The Hall–Kier alpha value is -2.74. The zero-order chi connectivity index (χ0) is 21.7. The van der Waals surface area contributed by atoms with E-state index in [0.717, 1.165) is 4.90 Å². The Kier molecular flexibility index (Phi) is 7.20. The number of carbonyl (C=O) groups excluding carboxylic acids is 2. The number of benzene rings is 2. The first-order valence-electron chi connectivity index (χ1n) is 9.35. The number of methoxy groups -OCH3 is 2. The molecule has 2 aromatic rings. The third-order valence-corrected chi connectivity index (χ3v) is 4.94. The van der Waals surface area contributed by atoms with Gasteiger partial charge in [-0.1, -0.05) is 29.8 Å². The van der Waals surface area contributed by atoms with E-state index in [4.69, 9.17) is 21.1 Å². The van der Waals surface area contributed by atoms with Gasteiger partial charge >= 0.3 is 0 Å². The fourth-order valence-electron chi connectivity index (χ4n) is 3.28. The molecule has 0 aliphatic carbocycles. The van der Waals surface area contributed by atoms with Crippen LogP contribution in [0.5, 0.6) is 0 Å². The molecule has 1 aliphatic rings. The lowest BCUT2D eigenvalue weighted by atomic mass is 10.0. The maximum atomic E-state index is 13.5. The van der Waals surface area contributed by atoms with Crippen LogP contribution in [-0.2, 0) is 19.1 Å². The Labute approximate surface area is 179 Å². The van der Waals surface area contributed by atoms with Crippen LogP contribution >= 0.6 is 11.6 Å². The van der Waals surface area contributed by atoms with Crippen LogP contribution in [0.3, 0.4) is 0 Å². The van der Waals surface area contributed by atoms with Crippen molar-refractivity contribution in [2.24, 2.45) is 0 Å². The summed E-state index contributed by atoms with van der Waals surface area (Å²) in [6.45, 7) is 1.45. The molecule has 158 valence electrons. The number of rotatable bonds is 9. The van der Waals surface area contributed by atoms with E-state index in [0.29, 0.717) is 42.6 Å². The number of imide groups is 1. The Balaban J connectivity index is 2.12. The molecule has 0 N–H and O–H groups in total. The average molecular weight is 433 g/mol. The Morgan fingerprint density at radius 2 is 1.60 bits per heavy atom. The van der Waals surface area contributed by atoms with Crippen LogP contribution in [0, 0.1) is 5.82 Å². The number of amides is 2. The van der Waals surface area contributed by atoms with Gasteiger partial charge in [-0.3, -0.25) is 9.59 Å². The number of halogens is 2. The van der Waals surface area contributed by atoms with Gasteiger partial charge in [-0.05, 0) is 35.9 Å². The second-order valence-electron chi connectivity index (χ2n) is 6.63. The average Bonchev–Trinajstić information content (AvgIpc) is 2.99. The number of nitrogens with zero attached hydrogens (tertiary/aromatic N) is 2. The number of anilines is 1. The van der Waals surface area contributed by atoms with Gasteiger partial charge in [0.05, 0.1) is 24.5 Å². The predicted octanol–water partition coefficient (Wildman–Crippen LogP) is 3.36. The second kappa shape index (κ2) is 9.84. The molecule has 3 rings (SSSR count). The molecule has 1 aliphatic heterocycles. The molecule has 0 bridgehead atoms. The summed E-state index contributed by atoms with van der Waals surface area (Å²) in [6.07, 6.45) is 0. The van der Waals surface area contributed by atoms with Crippen molar-refractivity contribution in [2.75, 3.05) is 45.4 Å². The minimum absolute atomic E-state index is 0.201. The van der Waals surface area contributed by atoms with Crippen molar-refractivity contribution in [3.8, 4) is 0 Å². The van der Waals surface area contributed by atoms with E-state index < -0.39 is 17.6 Å². The van der Waals surface area contributed by atoms with Gasteiger partial charge in [0.15, 0.2) is 0 Å². The molecule has 6 nitrogen and oxygen atoms in total. The monoisotopic (exact) mass is 432 g/mol. The van der Waals surface area contributed by atoms with Gasteiger partial charge in [-0.2, -0.15) is 0 Å². The van der Waals surface area contributed by atoms with Crippen LogP contribution in [0.1, 0.15) is 5.56 Å². The van der Waals surface area contributed by atoms with Gasteiger partial charge in [-0.15, -0.1) is 0 Å². The minimum atomic E-state index is -0.497. The van der Waals surface area contributed by atoms with E-state index in [9.17, 15) is 14.0 Å². The molecule has 30 heavy (non-hydrogen) atoms. The van der Waals surface area contributed by atoms with Crippen molar-refractivity contribution in [3.63, 3.8) is 0 Å². The van der Waals surface area contributed by atoms with Gasteiger partial charge in [0.2, 0.25) is 0 Å². The summed E-state index contributed by atoms with van der Waals surface area (Å²) in [5, 5.41) is 0.403. The second-order valence-corrected chi connectivity index (χ2v) is 7.07. The van der Waals surface area contributed by atoms with Crippen LogP contribution in [0.2, 0.25) is 5.02 Å². The van der Waals surface area contributed by atoms with E-state index in [1.54, 1.807) is 43.4 Å². The van der Waals surface area contributed by atoms with Crippen LogP contribution in [0.15, 0.2) is 54.2 Å². The van der Waals surface area contributed by atoms with Crippen molar-refractivity contribution < 1.29 is 23.5 Å². The fourth-order valence-corrected chi connectivity index (χ4v) is 3.46. The molecular formula is C22H22ClFN2O4. The van der Waals surface area contributed by atoms with Gasteiger partial charge in [0, 0.05) is 32.3 Å². The first kappa shape index (κ1) is 22.0. The first-order chi connectivity index (χ1) is 14.5. The third kappa shape index (κ3) is 4.53. The molecule has 8 heteroatoms. The lowest BCUT2D eigenvalue weighted by Gasteiger charge is -2.25. The van der Waals surface area contributed by atoms with E-state index >= 15 is 0 Å². The molecule has 0 fully saturated rings. The molecule has 2 amide bonds. The molecule has 0 aromatic heterocycles. The van der Waals surface area contributed by atoms with Crippen LogP contribution in [0.4, 0.5) is 10.1 Å². The maximum absolute atomic E-state index is 13.5. The van der Waals surface area contributed by atoms with Crippen molar-refractivity contribution in [2.45, 2.75) is 0 Å². The Morgan fingerprint density at radius 3 is 2.17 bits per heavy atom. The fraction of sp³-hybridized carbons (Fsp3) is 0.273. The normalized spacial score (nSPS) is 14.1. The van der Waals surface area contributed by atoms with E-state index in [1.165, 1.54) is 24.3 Å². The smallest absolute Gasteiger partial charge is 0.282 e. The minimum Gasteiger partial charge on any atom is -0.383 e. The highest BCUT2D eigenvalue weighted by Gasteiger charge is 2.42. The van der Waals surface area contributed by atoms with Crippen LogP contribution in [0.25, 0.3) is 5.57 Å². The van der Waals surface area contributed by atoms with Gasteiger partial charge < -0.3 is 14.4 Å². The Morgan fingerprint density at radius 1 is 0.967 bits per heavy atom. The van der Waals surface area contributed by atoms with Gasteiger partial charge in [-0.25, -0.2) is 9.29 Å². The highest BCUT2D eigenvalue weighted by molar-refractivity contribution is 6.45. The van der Waals surface area contributed by atoms with Crippen molar-refractivity contribution >= 4 is 34.7 Å². The highest BCUT2D eigenvalue weighted by atomic mass is 35.5. The van der Waals surface area contributed by atoms with E-state index in [1.807, 2.05) is 0 Å². The summed E-state index contributed by atoms with van der Waals surface area (Å²) in [4.78, 5) is 29.7. The molecule has 2 aromatic carbocycles. The molecule has 0 atom stereocenters. The largest absolute Gasteiger partial charge is 0.383 e. The van der Waals surface area contributed by atoms with Crippen LogP contribution in [-0.4, -0.2) is 57.2 Å². The number of carbonyl (C=O) groups is 2. The maximum Gasteiger partial charge on any atom is 0.282 e. The zero-order valence-electron chi connectivity index (χ0n) is 16.7. The quantitative estimate of drug-likeness (QED) is 0.569. The van der Waals surface area contributed by atoms with Gasteiger partial charge in [0.25, 0.3) is 11.8 Å². The number of hydrogen-bond donors (Lipinski definition) is 0. The molecule has 0 radical (unpaired) electrons. The summed E-state index contributed by atoms with van der Waals surface area (Å²) in [5.74, 6) is -1.41. The lowest BCUT2D eigenvalue weighted by Crippen LogP contribution is -2.37. The summed E-state index contributed by atoms with van der Waals surface area (Å²) in [5.41, 5.74) is 1.24. The number of ether oxygens (including phenoxy) is 2. The molecule has 0 saturated heterocycles. The van der Waals surface area contributed by atoms with Crippen LogP contribution < -0.4 is 4.90 Å². The van der Waals surface area contributed by atoms with Crippen molar-refractivity contribution in [1.29, 1.82) is 0 Å². The molecule has 0 spiro atoms. The van der Waals surface area contributed by atoms with Gasteiger partial charge in [0.1, 0.15) is 11.5 Å². The Bertz CT molecular complexity index is 954. The summed E-state index contributed by atoms with van der Waals surface area (Å²) in [6, 6.07) is 12.0. The molecule has 1 heterocycles. The standard InChI is InChI=1S/C22H22ClFN2O4/c1-29-12-10-25(11-13-30-2)20-19(15-6-8-17(24)9-7-15)21(27)26(22(20)28)18-5-3-4-16(23)14-18/h3-9,14H,10-13H2,1-2H3. The van der Waals surface area contributed by atoms with E-state index in [2.05, 4.69) is 0 Å². The summed E-state index contributed by atoms with van der Waals surface area (Å²) in [7, 11) is 3.12. The molecular weight excluding hydrogens is 411 g/mol. The predicted molar refractivity (Wildman–Crippen MR) is 113 cm³/mol. The molecule has 0 saturated carbocycles. The summed E-state index contributed by atoms with van der Waals surface area (Å²) >= 11 is 6.08. The van der Waals surface area contributed by atoms with Crippen molar-refractivity contribution in [1.82, 2.24) is 4.90 Å².